The molecule has 2 aromatic carbocycles. The van der Waals surface area contributed by atoms with Crippen molar-refractivity contribution in [1.82, 2.24) is 9.97 Å². The fourth-order valence-corrected chi connectivity index (χ4v) is 2.89. The Morgan fingerprint density at radius 1 is 1.00 bits per heavy atom. The van der Waals surface area contributed by atoms with Gasteiger partial charge in [0.2, 0.25) is 0 Å². The van der Waals surface area contributed by atoms with E-state index in [9.17, 15) is 9.59 Å². The molecule has 3 aromatic rings. The average molecular weight is 395 g/mol. The lowest BCUT2D eigenvalue weighted by atomic mass is 10.1. The second-order valence-electron chi connectivity index (χ2n) is 6.36. The van der Waals surface area contributed by atoms with Crippen molar-refractivity contribution in [3.63, 3.8) is 0 Å². The lowest BCUT2D eigenvalue weighted by Gasteiger charge is -2.11. The fraction of sp³-hybridized carbons (Fsp3) is 0.143. The van der Waals surface area contributed by atoms with Gasteiger partial charge in [0.1, 0.15) is 17.3 Å². The number of aryl methyl sites for hydroxylation is 2. The van der Waals surface area contributed by atoms with E-state index in [1.165, 1.54) is 6.92 Å². The molecule has 6 nitrogen and oxygen atoms in total. The maximum absolute atomic E-state index is 12.6. The molecular weight excluding hydrogens is 376 g/mol. The van der Waals surface area contributed by atoms with E-state index in [1.54, 1.807) is 43.3 Å². The molecule has 0 atom stereocenters. The first-order valence-electron chi connectivity index (χ1n) is 8.63. The number of aromatic nitrogens is 2. The van der Waals surface area contributed by atoms with Gasteiger partial charge in [-0.05, 0) is 56.7 Å². The van der Waals surface area contributed by atoms with Crippen LogP contribution in [-0.4, -0.2) is 21.7 Å². The Labute approximate surface area is 168 Å². The molecule has 0 spiro atoms. The number of nitrogens with one attached hydrogen (secondary N) is 2. The minimum atomic E-state index is -0.387. The summed E-state index contributed by atoms with van der Waals surface area (Å²) in [4.78, 5) is 32.7. The number of nitrogens with zero attached hydrogens (tertiary/aromatic N) is 2. The van der Waals surface area contributed by atoms with Crippen LogP contribution in [0.2, 0.25) is 5.02 Å². The third-order valence-electron chi connectivity index (χ3n) is 4.05. The number of hydrogen-bond donors (Lipinski definition) is 2. The van der Waals surface area contributed by atoms with Crippen LogP contribution in [0.3, 0.4) is 0 Å². The van der Waals surface area contributed by atoms with E-state index in [2.05, 4.69) is 20.6 Å². The number of anilines is 3. The molecule has 0 aliphatic heterocycles. The number of amides is 1. The van der Waals surface area contributed by atoms with Crippen LogP contribution in [0, 0.1) is 13.8 Å². The van der Waals surface area contributed by atoms with Crippen molar-refractivity contribution < 1.29 is 9.59 Å². The van der Waals surface area contributed by atoms with Gasteiger partial charge in [0, 0.05) is 28.0 Å². The quantitative estimate of drug-likeness (QED) is 0.598. The standard InChI is InChI=1S/C21H19ClN4O2/c1-12-9-16(22)7-8-18(12)26-20-11-19(23-14(3)24-20)21(28)25-17-6-4-5-15(10-17)13(2)27/h4-11H,1-3H3,(H,25,28)(H,23,24,26). The molecule has 0 aliphatic rings. The SMILES string of the molecule is CC(=O)c1cccc(NC(=O)c2cc(Nc3ccc(Cl)cc3C)nc(C)n2)c1. The van der Waals surface area contributed by atoms with Gasteiger partial charge in [-0.15, -0.1) is 0 Å². The summed E-state index contributed by atoms with van der Waals surface area (Å²) in [6.07, 6.45) is 0. The first kappa shape index (κ1) is 19.5. The fourth-order valence-electron chi connectivity index (χ4n) is 2.66. The van der Waals surface area contributed by atoms with Crippen LogP contribution in [0.25, 0.3) is 0 Å². The molecule has 0 aliphatic carbocycles. The molecular formula is C21H19ClN4O2. The Morgan fingerprint density at radius 2 is 1.79 bits per heavy atom. The third kappa shape index (κ3) is 4.72. The van der Waals surface area contributed by atoms with Gasteiger partial charge in [-0.2, -0.15) is 0 Å². The van der Waals surface area contributed by atoms with Crippen LogP contribution >= 0.6 is 11.6 Å². The highest BCUT2D eigenvalue weighted by Crippen LogP contribution is 2.23. The molecule has 3 rings (SSSR count). The van der Waals surface area contributed by atoms with Crippen LogP contribution < -0.4 is 10.6 Å². The molecule has 1 heterocycles. The smallest absolute Gasteiger partial charge is 0.274 e. The monoisotopic (exact) mass is 394 g/mol. The first-order chi connectivity index (χ1) is 13.3. The normalized spacial score (nSPS) is 10.4. The molecule has 0 fully saturated rings. The van der Waals surface area contributed by atoms with Gasteiger partial charge in [0.05, 0.1) is 0 Å². The van der Waals surface area contributed by atoms with Crippen LogP contribution in [0.5, 0.6) is 0 Å². The van der Waals surface area contributed by atoms with E-state index in [0.717, 1.165) is 11.3 Å². The van der Waals surface area contributed by atoms with Crippen molar-refractivity contribution in [2.45, 2.75) is 20.8 Å². The van der Waals surface area contributed by atoms with Crippen molar-refractivity contribution in [3.8, 4) is 0 Å². The summed E-state index contributed by atoms with van der Waals surface area (Å²) < 4.78 is 0. The molecule has 2 N–H and O–H groups in total. The predicted octanol–water partition coefficient (Wildman–Crippen LogP) is 4.95. The second kappa shape index (κ2) is 8.19. The van der Waals surface area contributed by atoms with Crippen molar-refractivity contribution in [3.05, 3.63) is 76.2 Å². The zero-order valence-electron chi connectivity index (χ0n) is 15.7. The molecule has 0 unspecified atom stereocenters. The van der Waals surface area contributed by atoms with Gasteiger partial charge >= 0.3 is 0 Å². The van der Waals surface area contributed by atoms with Crippen molar-refractivity contribution in [2.75, 3.05) is 10.6 Å². The van der Waals surface area contributed by atoms with E-state index >= 15 is 0 Å². The molecule has 142 valence electrons. The van der Waals surface area contributed by atoms with Crippen LogP contribution in [0.4, 0.5) is 17.2 Å². The minimum Gasteiger partial charge on any atom is -0.340 e. The van der Waals surface area contributed by atoms with Gasteiger partial charge < -0.3 is 10.6 Å². The minimum absolute atomic E-state index is 0.0706. The first-order valence-corrected chi connectivity index (χ1v) is 9.01. The maximum atomic E-state index is 12.6. The number of halogens is 1. The summed E-state index contributed by atoms with van der Waals surface area (Å²) in [5.41, 5.74) is 3.06. The number of hydrogen-bond acceptors (Lipinski definition) is 5. The molecule has 7 heteroatoms. The van der Waals surface area contributed by atoms with Gasteiger partial charge in [-0.1, -0.05) is 23.7 Å². The van der Waals surface area contributed by atoms with E-state index in [1.807, 2.05) is 19.1 Å². The van der Waals surface area contributed by atoms with E-state index in [4.69, 9.17) is 11.6 Å². The Morgan fingerprint density at radius 3 is 2.50 bits per heavy atom. The number of benzene rings is 2. The number of carbonyl (C=O) groups excluding carboxylic acids is 2. The maximum Gasteiger partial charge on any atom is 0.274 e. The third-order valence-corrected chi connectivity index (χ3v) is 4.28. The van der Waals surface area contributed by atoms with Gasteiger partial charge in [0.15, 0.2) is 5.78 Å². The van der Waals surface area contributed by atoms with Crippen LogP contribution in [-0.2, 0) is 0 Å². The predicted molar refractivity (Wildman–Crippen MR) is 111 cm³/mol. The average Bonchev–Trinajstić information content (AvgIpc) is 2.64. The summed E-state index contributed by atoms with van der Waals surface area (Å²) in [6, 6.07) is 13.8. The van der Waals surface area contributed by atoms with E-state index < -0.39 is 0 Å². The van der Waals surface area contributed by atoms with Crippen LogP contribution in [0.1, 0.15) is 39.2 Å². The summed E-state index contributed by atoms with van der Waals surface area (Å²) >= 11 is 5.99. The highest BCUT2D eigenvalue weighted by atomic mass is 35.5. The Bertz CT molecular complexity index is 1070. The van der Waals surface area contributed by atoms with Gasteiger partial charge in [-0.25, -0.2) is 9.97 Å². The lowest BCUT2D eigenvalue weighted by Crippen LogP contribution is -2.15. The Hall–Kier alpha value is -3.25. The summed E-state index contributed by atoms with van der Waals surface area (Å²) in [5, 5.41) is 6.60. The molecule has 0 saturated carbocycles. The Balaban J connectivity index is 1.83. The topological polar surface area (TPSA) is 84.0 Å². The zero-order chi connectivity index (χ0) is 20.3. The van der Waals surface area contributed by atoms with E-state index in [0.29, 0.717) is 27.9 Å². The Kier molecular flexibility index (Phi) is 5.70. The number of rotatable bonds is 5. The highest BCUT2D eigenvalue weighted by molar-refractivity contribution is 6.30. The second-order valence-corrected chi connectivity index (χ2v) is 6.80. The molecule has 0 bridgehead atoms. The van der Waals surface area contributed by atoms with Gasteiger partial charge in [0.25, 0.3) is 5.91 Å². The molecule has 0 radical (unpaired) electrons. The van der Waals surface area contributed by atoms with Crippen molar-refractivity contribution >= 4 is 40.5 Å². The summed E-state index contributed by atoms with van der Waals surface area (Å²) in [5.74, 6) is 0.501. The molecule has 1 aromatic heterocycles. The number of ketones is 1. The summed E-state index contributed by atoms with van der Waals surface area (Å²) in [7, 11) is 0. The summed E-state index contributed by atoms with van der Waals surface area (Å²) in [6.45, 7) is 5.12. The highest BCUT2D eigenvalue weighted by Gasteiger charge is 2.12. The van der Waals surface area contributed by atoms with Crippen molar-refractivity contribution in [1.29, 1.82) is 0 Å². The van der Waals surface area contributed by atoms with Crippen LogP contribution in [0.15, 0.2) is 48.5 Å². The molecule has 0 saturated heterocycles. The largest absolute Gasteiger partial charge is 0.340 e. The number of Topliss-reactive ketones (excluding diaryl/α,β-unsaturated/α-hetero) is 1. The molecule has 1 amide bonds. The van der Waals surface area contributed by atoms with Crippen molar-refractivity contribution in [2.24, 2.45) is 0 Å². The van der Waals surface area contributed by atoms with Gasteiger partial charge in [-0.3, -0.25) is 9.59 Å². The zero-order valence-corrected chi connectivity index (χ0v) is 16.5. The lowest BCUT2D eigenvalue weighted by molar-refractivity contribution is 0.100. The van der Waals surface area contributed by atoms with E-state index in [-0.39, 0.29) is 17.4 Å². The molecule has 28 heavy (non-hydrogen) atoms. The number of carbonyl (C=O) groups is 2.